The topological polar surface area (TPSA) is 109 Å². The van der Waals surface area contributed by atoms with Crippen LogP contribution in [0.4, 0.5) is 9.18 Å². The van der Waals surface area contributed by atoms with E-state index in [9.17, 15) is 18.8 Å². The van der Waals surface area contributed by atoms with Gasteiger partial charge < -0.3 is 10.8 Å². The Morgan fingerprint density at radius 1 is 1.37 bits per heavy atom. The highest BCUT2D eigenvalue weighted by molar-refractivity contribution is 7.99. The number of rotatable bonds is 5. The van der Waals surface area contributed by atoms with E-state index in [4.69, 9.17) is 10.8 Å². The second kappa shape index (κ2) is 6.74. The highest BCUT2D eigenvalue weighted by Gasteiger charge is 2.11. The van der Waals surface area contributed by atoms with E-state index in [1.807, 2.05) is 5.32 Å². The molecule has 0 aliphatic carbocycles. The maximum Gasteiger partial charge on any atom is 0.338 e. The molecule has 0 aliphatic heterocycles. The van der Waals surface area contributed by atoms with Gasteiger partial charge in [-0.1, -0.05) is 0 Å². The van der Waals surface area contributed by atoms with Crippen LogP contribution in [0.2, 0.25) is 0 Å². The third-order valence-corrected chi connectivity index (χ3v) is 3.02. The number of halogens is 1. The van der Waals surface area contributed by atoms with E-state index in [2.05, 4.69) is 0 Å². The highest BCUT2D eigenvalue weighted by Crippen LogP contribution is 2.21. The quantitative estimate of drug-likeness (QED) is 0.705. The molecular weight excluding hydrogens is 275 g/mol. The van der Waals surface area contributed by atoms with Crippen molar-refractivity contribution in [2.45, 2.75) is 11.3 Å². The summed E-state index contributed by atoms with van der Waals surface area (Å²) in [4.78, 5) is 32.7. The van der Waals surface area contributed by atoms with Gasteiger partial charge in [0, 0.05) is 17.1 Å². The standard InChI is InChI=1S/C11H11FN2O4S/c12-8-2-1-6(5-7(8)10(16)17)19-4-3-9(15)14-11(13)18/h1-2,5H,3-4H2,(H,16,17)(H3,13,14,15,18). The summed E-state index contributed by atoms with van der Waals surface area (Å²) >= 11 is 1.17. The lowest BCUT2D eigenvalue weighted by molar-refractivity contribution is -0.119. The zero-order valence-corrected chi connectivity index (χ0v) is 10.5. The molecule has 0 heterocycles. The van der Waals surface area contributed by atoms with Gasteiger partial charge in [0.05, 0.1) is 5.56 Å². The van der Waals surface area contributed by atoms with Crippen molar-refractivity contribution < 1.29 is 23.9 Å². The van der Waals surface area contributed by atoms with Gasteiger partial charge in [-0.05, 0) is 18.2 Å². The van der Waals surface area contributed by atoms with Crippen LogP contribution in [0.3, 0.4) is 0 Å². The molecule has 0 saturated carbocycles. The minimum absolute atomic E-state index is 0.0351. The maximum absolute atomic E-state index is 13.1. The van der Waals surface area contributed by atoms with E-state index in [1.165, 1.54) is 23.9 Å². The van der Waals surface area contributed by atoms with Crippen LogP contribution in [0.1, 0.15) is 16.8 Å². The molecule has 19 heavy (non-hydrogen) atoms. The number of benzene rings is 1. The van der Waals surface area contributed by atoms with Crippen molar-refractivity contribution in [2.24, 2.45) is 5.73 Å². The van der Waals surface area contributed by atoms with E-state index >= 15 is 0 Å². The van der Waals surface area contributed by atoms with E-state index in [1.54, 1.807) is 0 Å². The minimum atomic E-state index is -1.36. The Bertz CT molecular complexity index is 521. The summed E-state index contributed by atoms with van der Waals surface area (Å²) in [5.74, 6) is -2.39. The van der Waals surface area contributed by atoms with Gasteiger partial charge >= 0.3 is 12.0 Å². The molecule has 1 aromatic rings. The molecule has 3 amide bonds. The number of amides is 3. The summed E-state index contributed by atoms with van der Waals surface area (Å²) in [6.45, 7) is 0. The van der Waals surface area contributed by atoms with Crippen LogP contribution < -0.4 is 11.1 Å². The summed E-state index contributed by atoms with van der Waals surface area (Å²) in [6.07, 6.45) is 0.0351. The largest absolute Gasteiger partial charge is 0.478 e. The zero-order valence-electron chi connectivity index (χ0n) is 9.68. The summed E-state index contributed by atoms with van der Waals surface area (Å²) in [7, 11) is 0. The molecule has 1 aromatic carbocycles. The number of hydrogen-bond acceptors (Lipinski definition) is 4. The molecule has 8 heteroatoms. The second-order valence-electron chi connectivity index (χ2n) is 3.46. The first-order valence-electron chi connectivity index (χ1n) is 5.15. The number of carboxylic acids is 1. The van der Waals surface area contributed by atoms with E-state index < -0.39 is 29.3 Å². The van der Waals surface area contributed by atoms with Crippen LogP contribution in [0.5, 0.6) is 0 Å². The van der Waals surface area contributed by atoms with Crippen molar-refractivity contribution in [2.75, 3.05) is 5.75 Å². The van der Waals surface area contributed by atoms with Gasteiger partial charge in [-0.3, -0.25) is 10.1 Å². The second-order valence-corrected chi connectivity index (χ2v) is 4.63. The number of thioether (sulfide) groups is 1. The van der Waals surface area contributed by atoms with Crippen LogP contribution in [0.15, 0.2) is 23.1 Å². The molecule has 0 fully saturated rings. The summed E-state index contributed by atoms with van der Waals surface area (Å²) in [6, 6.07) is 2.73. The van der Waals surface area contributed by atoms with Gasteiger partial charge in [-0.2, -0.15) is 0 Å². The molecule has 6 nitrogen and oxygen atoms in total. The van der Waals surface area contributed by atoms with Crippen molar-refractivity contribution in [3.05, 3.63) is 29.6 Å². The van der Waals surface area contributed by atoms with Crippen LogP contribution in [0, 0.1) is 5.82 Å². The molecule has 0 saturated heterocycles. The van der Waals surface area contributed by atoms with Crippen molar-refractivity contribution >= 4 is 29.7 Å². The van der Waals surface area contributed by atoms with Crippen LogP contribution in [-0.4, -0.2) is 28.8 Å². The maximum atomic E-state index is 13.1. The monoisotopic (exact) mass is 286 g/mol. The van der Waals surface area contributed by atoms with Gasteiger partial charge in [-0.25, -0.2) is 14.0 Å². The number of imide groups is 1. The summed E-state index contributed by atoms with van der Waals surface area (Å²) in [5, 5.41) is 10.6. The fourth-order valence-corrected chi connectivity index (χ4v) is 2.11. The third-order valence-electron chi connectivity index (χ3n) is 2.03. The Morgan fingerprint density at radius 2 is 2.05 bits per heavy atom. The average Bonchev–Trinajstić information content (AvgIpc) is 2.30. The van der Waals surface area contributed by atoms with Crippen LogP contribution >= 0.6 is 11.8 Å². The van der Waals surface area contributed by atoms with Crippen LogP contribution in [-0.2, 0) is 4.79 Å². The molecule has 0 radical (unpaired) electrons. The van der Waals surface area contributed by atoms with Gasteiger partial charge in [0.15, 0.2) is 0 Å². The van der Waals surface area contributed by atoms with Gasteiger partial charge in [0.2, 0.25) is 5.91 Å². The number of hydrogen-bond donors (Lipinski definition) is 3. The van der Waals surface area contributed by atoms with Crippen molar-refractivity contribution in [1.82, 2.24) is 5.32 Å². The minimum Gasteiger partial charge on any atom is -0.478 e. The lowest BCUT2D eigenvalue weighted by atomic mass is 10.2. The fraction of sp³-hybridized carbons (Fsp3) is 0.182. The molecule has 102 valence electrons. The zero-order chi connectivity index (χ0) is 14.4. The van der Waals surface area contributed by atoms with Crippen molar-refractivity contribution in [3.8, 4) is 0 Å². The fourth-order valence-electron chi connectivity index (χ4n) is 1.22. The van der Waals surface area contributed by atoms with E-state index in [-0.39, 0.29) is 6.42 Å². The number of carbonyl (C=O) groups excluding carboxylic acids is 2. The number of carboxylic acid groups (broad SMARTS) is 1. The molecule has 0 atom stereocenters. The number of nitrogens with one attached hydrogen (secondary N) is 1. The number of primary amides is 1. The SMILES string of the molecule is NC(=O)NC(=O)CCSc1ccc(F)c(C(=O)O)c1. The average molecular weight is 286 g/mol. The first-order chi connectivity index (χ1) is 8.90. The van der Waals surface area contributed by atoms with E-state index in [0.717, 1.165) is 6.07 Å². The Labute approximate surface area is 112 Å². The molecule has 1 rings (SSSR count). The molecular formula is C11H11FN2O4S. The Balaban J connectivity index is 2.54. The first kappa shape index (κ1) is 15.0. The van der Waals surface area contributed by atoms with Gasteiger partial charge in [-0.15, -0.1) is 11.8 Å². The molecule has 0 unspecified atom stereocenters. The molecule has 4 N–H and O–H groups in total. The summed E-state index contributed by atoms with van der Waals surface area (Å²) in [5.41, 5.74) is 4.34. The highest BCUT2D eigenvalue weighted by atomic mass is 32.2. The molecule has 0 bridgehead atoms. The van der Waals surface area contributed by atoms with Crippen LogP contribution in [0.25, 0.3) is 0 Å². The Morgan fingerprint density at radius 3 is 2.63 bits per heavy atom. The number of carbonyl (C=O) groups is 3. The van der Waals surface area contributed by atoms with Gasteiger partial charge in [0.1, 0.15) is 5.82 Å². The van der Waals surface area contributed by atoms with Gasteiger partial charge in [0.25, 0.3) is 0 Å². The van der Waals surface area contributed by atoms with Crippen molar-refractivity contribution in [1.29, 1.82) is 0 Å². The normalized spacial score (nSPS) is 9.95. The summed E-state index contributed by atoms with van der Waals surface area (Å²) < 4.78 is 13.1. The predicted molar refractivity (Wildman–Crippen MR) is 66.4 cm³/mol. The number of aromatic carboxylic acids is 1. The number of nitrogens with two attached hydrogens (primary N) is 1. The molecule has 0 aromatic heterocycles. The predicted octanol–water partition coefficient (Wildman–Crippen LogP) is 1.20. The van der Waals surface area contributed by atoms with Crippen molar-refractivity contribution in [3.63, 3.8) is 0 Å². The molecule has 0 aliphatic rings. The smallest absolute Gasteiger partial charge is 0.338 e. The third kappa shape index (κ3) is 4.96. The Hall–Kier alpha value is -2.09. The first-order valence-corrected chi connectivity index (χ1v) is 6.13. The Kier molecular flexibility index (Phi) is 5.31. The lowest BCUT2D eigenvalue weighted by Gasteiger charge is -2.04. The lowest BCUT2D eigenvalue weighted by Crippen LogP contribution is -2.35. The molecule has 0 spiro atoms. The number of urea groups is 1. The van der Waals surface area contributed by atoms with E-state index in [0.29, 0.717) is 10.6 Å².